The van der Waals surface area contributed by atoms with Crippen LogP contribution in [0.4, 0.5) is 0 Å². The van der Waals surface area contributed by atoms with Gasteiger partial charge in [-0.15, -0.1) is 0 Å². The molecule has 0 saturated heterocycles. The first-order chi connectivity index (χ1) is 4.27. The van der Waals surface area contributed by atoms with Crippen molar-refractivity contribution in [2.45, 2.75) is 53.0 Å². The summed E-state index contributed by atoms with van der Waals surface area (Å²) in [6.45, 7) is 8.23. The molecule has 9 heavy (non-hydrogen) atoms. The van der Waals surface area contributed by atoms with E-state index in [2.05, 4.69) is 13.8 Å². The Labute approximate surface area is 59.6 Å². The zero-order valence-electron chi connectivity index (χ0n) is 7.28. The van der Waals surface area contributed by atoms with Crippen molar-refractivity contribution in [1.29, 1.82) is 0 Å². The summed E-state index contributed by atoms with van der Waals surface area (Å²) in [5.41, 5.74) is 5.48. The predicted molar refractivity (Wildman–Crippen MR) is 44.5 cm³/mol. The molecule has 0 radical (unpaired) electrons. The maximum atomic E-state index is 5.48. The van der Waals surface area contributed by atoms with Crippen LogP contribution >= 0.6 is 0 Å². The second kappa shape index (κ2) is 10.9. The van der Waals surface area contributed by atoms with Crippen LogP contribution in [0.3, 0.4) is 0 Å². The Morgan fingerprint density at radius 2 is 1.78 bits per heavy atom. The summed E-state index contributed by atoms with van der Waals surface area (Å²) in [6, 6.07) is 0.403. The van der Waals surface area contributed by atoms with Crippen LogP contribution in [0.25, 0.3) is 0 Å². The minimum absolute atomic E-state index is 0.403. The van der Waals surface area contributed by atoms with Crippen molar-refractivity contribution >= 4 is 0 Å². The molecule has 0 aromatic rings. The molecule has 0 rings (SSSR count). The Bertz CT molecular complexity index is 33.5. The highest BCUT2D eigenvalue weighted by atomic mass is 14.6. The molecule has 0 spiro atoms. The van der Waals surface area contributed by atoms with Crippen molar-refractivity contribution in [2.24, 2.45) is 5.73 Å². The van der Waals surface area contributed by atoms with Gasteiger partial charge in [-0.1, -0.05) is 33.6 Å². The maximum Gasteiger partial charge on any atom is 0.00104 e. The Hall–Kier alpha value is -0.0400. The fraction of sp³-hybridized carbons (Fsp3) is 1.00. The van der Waals surface area contributed by atoms with E-state index in [4.69, 9.17) is 5.73 Å². The van der Waals surface area contributed by atoms with Crippen LogP contribution in [0.2, 0.25) is 0 Å². The van der Waals surface area contributed by atoms with Crippen molar-refractivity contribution in [3.05, 3.63) is 0 Å². The lowest BCUT2D eigenvalue weighted by Crippen LogP contribution is -2.13. The third kappa shape index (κ3) is 18.0. The number of hydrogen-bond acceptors (Lipinski definition) is 1. The smallest absolute Gasteiger partial charge is 0.00104 e. The van der Waals surface area contributed by atoms with Crippen LogP contribution in [-0.4, -0.2) is 6.04 Å². The zero-order valence-corrected chi connectivity index (χ0v) is 7.28. The van der Waals surface area contributed by atoms with Gasteiger partial charge in [-0.3, -0.25) is 0 Å². The van der Waals surface area contributed by atoms with Crippen molar-refractivity contribution in [1.82, 2.24) is 0 Å². The van der Waals surface area contributed by atoms with E-state index in [9.17, 15) is 0 Å². The highest BCUT2D eigenvalue weighted by molar-refractivity contribution is 4.50. The van der Waals surface area contributed by atoms with Crippen molar-refractivity contribution < 1.29 is 0 Å². The van der Waals surface area contributed by atoms with Crippen LogP contribution < -0.4 is 5.73 Å². The van der Waals surface area contributed by atoms with E-state index in [1.54, 1.807) is 0 Å². The van der Waals surface area contributed by atoms with E-state index in [1.807, 2.05) is 13.8 Å². The molecule has 1 heteroatoms. The van der Waals surface area contributed by atoms with Gasteiger partial charge in [0.05, 0.1) is 0 Å². The van der Waals surface area contributed by atoms with Gasteiger partial charge in [0, 0.05) is 6.04 Å². The van der Waals surface area contributed by atoms with Gasteiger partial charge < -0.3 is 5.73 Å². The standard InChI is InChI=1S/C6H15N.C2H6/c1-3-4-5-6(2)7;1-2/h6H,3-5,7H2,1-2H3;1-2H3/t6-;/m0./s1. The second-order valence-corrected chi connectivity index (χ2v) is 2.12. The quantitative estimate of drug-likeness (QED) is 0.626. The fourth-order valence-corrected chi connectivity index (χ4v) is 0.526. The van der Waals surface area contributed by atoms with Crippen molar-refractivity contribution in [2.75, 3.05) is 0 Å². The summed E-state index contributed by atoms with van der Waals surface area (Å²) in [4.78, 5) is 0. The Morgan fingerprint density at radius 1 is 1.33 bits per heavy atom. The third-order valence-corrected chi connectivity index (χ3v) is 1.01. The van der Waals surface area contributed by atoms with E-state index in [1.165, 1.54) is 19.3 Å². The lowest BCUT2D eigenvalue weighted by molar-refractivity contribution is 0.616. The van der Waals surface area contributed by atoms with Crippen LogP contribution in [-0.2, 0) is 0 Å². The maximum absolute atomic E-state index is 5.48. The molecule has 0 saturated carbocycles. The average molecular weight is 131 g/mol. The topological polar surface area (TPSA) is 26.0 Å². The zero-order chi connectivity index (χ0) is 7.70. The molecule has 0 aliphatic rings. The predicted octanol–water partition coefficient (Wildman–Crippen LogP) is 2.55. The summed E-state index contributed by atoms with van der Waals surface area (Å²) in [6.07, 6.45) is 3.72. The Morgan fingerprint density at radius 3 is 1.89 bits per heavy atom. The SMILES string of the molecule is CC.CCCC[C@H](C)N. The summed E-state index contributed by atoms with van der Waals surface area (Å²) in [5.74, 6) is 0. The highest BCUT2D eigenvalue weighted by Gasteiger charge is 1.88. The molecule has 0 aliphatic heterocycles. The van der Waals surface area contributed by atoms with Crippen molar-refractivity contribution in [3.8, 4) is 0 Å². The molecule has 0 fully saturated rings. The molecule has 0 aromatic heterocycles. The highest BCUT2D eigenvalue weighted by Crippen LogP contribution is 1.95. The first-order valence-corrected chi connectivity index (χ1v) is 4.03. The number of hydrogen-bond donors (Lipinski definition) is 1. The van der Waals surface area contributed by atoms with Gasteiger partial charge in [0.1, 0.15) is 0 Å². The van der Waals surface area contributed by atoms with E-state index in [0.717, 1.165) is 0 Å². The minimum Gasteiger partial charge on any atom is -0.328 e. The molecule has 0 aliphatic carbocycles. The first-order valence-electron chi connectivity index (χ1n) is 4.03. The summed E-state index contributed by atoms with van der Waals surface area (Å²) < 4.78 is 0. The van der Waals surface area contributed by atoms with E-state index >= 15 is 0 Å². The molecule has 0 aromatic carbocycles. The van der Waals surface area contributed by atoms with E-state index < -0.39 is 0 Å². The van der Waals surface area contributed by atoms with Gasteiger partial charge in [-0.2, -0.15) is 0 Å². The number of unbranched alkanes of at least 4 members (excludes halogenated alkanes) is 1. The van der Waals surface area contributed by atoms with Crippen LogP contribution in [0, 0.1) is 0 Å². The molecular formula is C8H21N. The molecule has 0 amide bonds. The van der Waals surface area contributed by atoms with Crippen LogP contribution in [0.15, 0.2) is 0 Å². The van der Waals surface area contributed by atoms with Crippen LogP contribution in [0.1, 0.15) is 47.0 Å². The molecule has 0 unspecified atom stereocenters. The molecule has 0 heterocycles. The number of rotatable bonds is 3. The Kier molecular flexibility index (Phi) is 14.1. The first kappa shape index (κ1) is 11.7. The summed E-state index contributed by atoms with van der Waals surface area (Å²) >= 11 is 0. The summed E-state index contributed by atoms with van der Waals surface area (Å²) in [7, 11) is 0. The van der Waals surface area contributed by atoms with Gasteiger partial charge in [-0.05, 0) is 13.3 Å². The van der Waals surface area contributed by atoms with Gasteiger partial charge in [0.2, 0.25) is 0 Å². The van der Waals surface area contributed by atoms with Gasteiger partial charge >= 0.3 is 0 Å². The fourth-order valence-electron chi connectivity index (χ4n) is 0.526. The lowest BCUT2D eigenvalue weighted by atomic mass is 10.2. The summed E-state index contributed by atoms with van der Waals surface area (Å²) in [5, 5.41) is 0. The second-order valence-electron chi connectivity index (χ2n) is 2.12. The van der Waals surface area contributed by atoms with E-state index in [0.29, 0.717) is 6.04 Å². The molecule has 1 atom stereocenters. The minimum atomic E-state index is 0.403. The van der Waals surface area contributed by atoms with Gasteiger partial charge in [0.15, 0.2) is 0 Å². The average Bonchev–Trinajstić information content (AvgIpc) is 1.88. The molecule has 1 nitrogen and oxygen atoms in total. The monoisotopic (exact) mass is 131 g/mol. The molecule has 0 bridgehead atoms. The lowest BCUT2D eigenvalue weighted by Gasteiger charge is -1.99. The molecule has 2 N–H and O–H groups in total. The largest absolute Gasteiger partial charge is 0.328 e. The third-order valence-electron chi connectivity index (χ3n) is 1.01. The molecular weight excluding hydrogens is 110 g/mol. The van der Waals surface area contributed by atoms with E-state index in [-0.39, 0.29) is 0 Å². The van der Waals surface area contributed by atoms with Crippen molar-refractivity contribution in [3.63, 3.8) is 0 Å². The normalized spacial score (nSPS) is 11.7. The molecule has 58 valence electrons. The Balaban J connectivity index is 0. The van der Waals surface area contributed by atoms with Gasteiger partial charge in [0.25, 0.3) is 0 Å². The number of nitrogens with two attached hydrogens (primary N) is 1. The van der Waals surface area contributed by atoms with Gasteiger partial charge in [-0.25, -0.2) is 0 Å². The van der Waals surface area contributed by atoms with Crippen LogP contribution in [0.5, 0.6) is 0 Å².